The van der Waals surface area contributed by atoms with Crippen LogP contribution in [0.2, 0.25) is 5.02 Å². The molecule has 0 saturated carbocycles. The van der Waals surface area contributed by atoms with Crippen LogP contribution in [0.15, 0.2) is 18.2 Å². The lowest BCUT2D eigenvalue weighted by atomic mass is 10.2. The van der Waals surface area contributed by atoms with Gasteiger partial charge in [0, 0.05) is 11.1 Å². The number of nitrogen functional groups attached to an aromatic ring is 1. The molecule has 0 aliphatic rings. The van der Waals surface area contributed by atoms with E-state index in [0.717, 1.165) is 11.3 Å². The maximum atomic E-state index is 12.1. The molecular weight excluding hydrogens is 304 g/mol. The SMILES string of the molecule is Cc1nc(N)sc1C(=O)Nc1cc(Cl)ccc1[N+](=O)[O-]. The van der Waals surface area contributed by atoms with Crippen molar-refractivity contribution in [2.45, 2.75) is 6.92 Å². The number of nitrogens with zero attached hydrogens (tertiary/aromatic N) is 2. The van der Waals surface area contributed by atoms with E-state index < -0.39 is 10.8 Å². The molecule has 0 saturated heterocycles. The third kappa shape index (κ3) is 2.86. The number of rotatable bonds is 3. The zero-order chi connectivity index (χ0) is 14.9. The molecule has 0 atom stereocenters. The van der Waals surface area contributed by atoms with E-state index in [-0.39, 0.29) is 21.5 Å². The molecule has 3 N–H and O–H groups in total. The van der Waals surface area contributed by atoms with Crippen molar-refractivity contribution < 1.29 is 9.72 Å². The van der Waals surface area contributed by atoms with Gasteiger partial charge in [-0.25, -0.2) is 4.98 Å². The Hall–Kier alpha value is -2.19. The smallest absolute Gasteiger partial charge is 0.292 e. The standard InChI is InChI=1S/C11H9ClN4O3S/c1-5-9(20-11(13)14-5)10(17)15-7-4-6(12)2-3-8(7)16(18)19/h2-4H,1H3,(H2,13,14)(H,15,17). The van der Waals surface area contributed by atoms with Gasteiger partial charge in [0.1, 0.15) is 10.6 Å². The van der Waals surface area contributed by atoms with Crippen molar-refractivity contribution in [3.63, 3.8) is 0 Å². The van der Waals surface area contributed by atoms with Crippen LogP contribution in [0.1, 0.15) is 15.4 Å². The minimum Gasteiger partial charge on any atom is -0.375 e. The fourth-order valence-electron chi connectivity index (χ4n) is 1.57. The summed E-state index contributed by atoms with van der Waals surface area (Å²) in [5, 5.41) is 13.9. The number of thiazole rings is 1. The molecule has 1 aromatic carbocycles. The molecule has 1 amide bonds. The highest BCUT2D eigenvalue weighted by molar-refractivity contribution is 7.17. The molecule has 0 radical (unpaired) electrons. The average Bonchev–Trinajstić information content (AvgIpc) is 2.68. The first-order chi connectivity index (χ1) is 9.38. The van der Waals surface area contributed by atoms with Crippen molar-refractivity contribution in [1.29, 1.82) is 0 Å². The lowest BCUT2D eigenvalue weighted by Gasteiger charge is -2.05. The van der Waals surface area contributed by atoms with Gasteiger partial charge in [-0.1, -0.05) is 22.9 Å². The molecule has 2 aromatic rings. The maximum absolute atomic E-state index is 12.1. The van der Waals surface area contributed by atoms with Crippen LogP contribution in [0.4, 0.5) is 16.5 Å². The van der Waals surface area contributed by atoms with Gasteiger partial charge in [-0.15, -0.1) is 0 Å². The number of hydrogen-bond acceptors (Lipinski definition) is 6. The Morgan fingerprint density at radius 3 is 2.80 bits per heavy atom. The molecule has 104 valence electrons. The van der Waals surface area contributed by atoms with Crippen molar-refractivity contribution in [3.05, 3.63) is 43.9 Å². The number of carbonyl (C=O) groups excluding carboxylic acids is 1. The summed E-state index contributed by atoms with van der Waals surface area (Å²) in [7, 11) is 0. The molecule has 0 aliphatic heterocycles. The van der Waals surface area contributed by atoms with Crippen molar-refractivity contribution in [3.8, 4) is 0 Å². The topological polar surface area (TPSA) is 111 Å². The highest BCUT2D eigenvalue weighted by Crippen LogP contribution is 2.29. The molecule has 20 heavy (non-hydrogen) atoms. The first-order valence-electron chi connectivity index (χ1n) is 5.36. The molecular formula is C11H9ClN4O3S. The second-order valence-corrected chi connectivity index (χ2v) is 5.31. The molecule has 9 heteroatoms. The van der Waals surface area contributed by atoms with Gasteiger partial charge in [-0.2, -0.15) is 0 Å². The summed E-state index contributed by atoms with van der Waals surface area (Å²) in [6.07, 6.45) is 0. The average molecular weight is 313 g/mol. The van der Waals surface area contributed by atoms with E-state index in [1.54, 1.807) is 6.92 Å². The van der Waals surface area contributed by atoms with Crippen molar-refractivity contribution >= 4 is 45.4 Å². The van der Waals surface area contributed by atoms with Crippen LogP contribution in [0.3, 0.4) is 0 Å². The molecule has 0 bridgehead atoms. The number of carbonyl (C=O) groups is 1. The van der Waals surface area contributed by atoms with Crippen LogP contribution in [-0.2, 0) is 0 Å². The van der Waals surface area contributed by atoms with Crippen LogP contribution >= 0.6 is 22.9 Å². The maximum Gasteiger partial charge on any atom is 0.292 e. The third-order valence-electron chi connectivity index (χ3n) is 2.42. The molecule has 0 fully saturated rings. The number of amides is 1. The molecule has 0 spiro atoms. The lowest BCUT2D eigenvalue weighted by Crippen LogP contribution is -2.12. The first kappa shape index (κ1) is 14.2. The van der Waals surface area contributed by atoms with Crippen LogP contribution in [-0.4, -0.2) is 15.8 Å². The van der Waals surface area contributed by atoms with Gasteiger partial charge < -0.3 is 11.1 Å². The van der Waals surface area contributed by atoms with E-state index in [1.807, 2.05) is 0 Å². The van der Waals surface area contributed by atoms with E-state index in [2.05, 4.69) is 10.3 Å². The Kier molecular flexibility index (Phi) is 3.86. The van der Waals surface area contributed by atoms with Crippen molar-refractivity contribution in [1.82, 2.24) is 4.98 Å². The van der Waals surface area contributed by atoms with Gasteiger partial charge in [-0.05, 0) is 19.1 Å². The second-order valence-electron chi connectivity index (χ2n) is 3.84. The summed E-state index contributed by atoms with van der Waals surface area (Å²) in [6.45, 7) is 1.63. The van der Waals surface area contributed by atoms with E-state index in [9.17, 15) is 14.9 Å². The van der Waals surface area contributed by atoms with Gasteiger partial charge >= 0.3 is 0 Å². The van der Waals surface area contributed by atoms with Gasteiger partial charge in [0.2, 0.25) is 0 Å². The fourth-order valence-corrected chi connectivity index (χ4v) is 2.48. The number of anilines is 2. The number of nitrogens with one attached hydrogen (secondary N) is 1. The minimum atomic E-state index is -0.597. The normalized spacial score (nSPS) is 10.3. The summed E-state index contributed by atoms with van der Waals surface area (Å²) in [4.78, 5) is 26.6. The first-order valence-corrected chi connectivity index (χ1v) is 6.56. The number of halogens is 1. The Bertz CT molecular complexity index is 701. The Morgan fingerprint density at radius 1 is 1.55 bits per heavy atom. The summed E-state index contributed by atoms with van der Waals surface area (Å²) < 4.78 is 0. The molecule has 7 nitrogen and oxygen atoms in total. The summed E-state index contributed by atoms with van der Waals surface area (Å²) in [6, 6.07) is 3.93. The van der Waals surface area contributed by atoms with Crippen LogP contribution < -0.4 is 11.1 Å². The number of nitrogens with two attached hydrogens (primary N) is 1. The molecule has 0 aliphatic carbocycles. The van der Waals surface area contributed by atoms with Crippen LogP contribution in [0, 0.1) is 17.0 Å². The quantitative estimate of drug-likeness (QED) is 0.668. The molecule has 1 aromatic heterocycles. The number of aryl methyl sites for hydroxylation is 1. The Morgan fingerprint density at radius 2 is 2.25 bits per heavy atom. The number of aromatic nitrogens is 1. The Balaban J connectivity index is 2.34. The number of nitro benzene ring substituents is 1. The monoisotopic (exact) mass is 312 g/mol. The third-order valence-corrected chi connectivity index (χ3v) is 3.64. The predicted octanol–water partition coefficient (Wildman–Crippen LogP) is 2.85. The van der Waals surface area contributed by atoms with Crippen molar-refractivity contribution in [2.24, 2.45) is 0 Å². The zero-order valence-corrected chi connectivity index (χ0v) is 11.8. The van der Waals surface area contributed by atoms with Gasteiger partial charge in [0.25, 0.3) is 11.6 Å². The largest absolute Gasteiger partial charge is 0.375 e. The second kappa shape index (κ2) is 5.43. The lowest BCUT2D eigenvalue weighted by molar-refractivity contribution is -0.383. The molecule has 1 heterocycles. The van der Waals surface area contributed by atoms with E-state index in [0.29, 0.717) is 10.6 Å². The van der Waals surface area contributed by atoms with E-state index in [4.69, 9.17) is 17.3 Å². The van der Waals surface area contributed by atoms with Crippen LogP contribution in [0.25, 0.3) is 0 Å². The predicted molar refractivity (Wildman–Crippen MR) is 77.3 cm³/mol. The number of hydrogen-bond donors (Lipinski definition) is 2. The van der Waals surface area contributed by atoms with E-state index >= 15 is 0 Å². The Labute approximate surface area is 122 Å². The highest BCUT2D eigenvalue weighted by atomic mass is 35.5. The van der Waals surface area contributed by atoms with E-state index in [1.165, 1.54) is 18.2 Å². The van der Waals surface area contributed by atoms with Gasteiger partial charge in [-0.3, -0.25) is 14.9 Å². The van der Waals surface area contributed by atoms with Gasteiger partial charge in [0.15, 0.2) is 5.13 Å². The minimum absolute atomic E-state index is 0.0267. The number of nitro groups is 1. The summed E-state index contributed by atoms with van der Waals surface area (Å²) in [5.74, 6) is -0.512. The summed E-state index contributed by atoms with van der Waals surface area (Å²) in [5.41, 5.74) is 5.77. The number of benzene rings is 1. The van der Waals surface area contributed by atoms with Crippen molar-refractivity contribution in [2.75, 3.05) is 11.1 Å². The fraction of sp³-hybridized carbons (Fsp3) is 0.0909. The zero-order valence-electron chi connectivity index (χ0n) is 10.2. The highest BCUT2D eigenvalue weighted by Gasteiger charge is 2.20. The molecule has 0 unspecified atom stereocenters. The summed E-state index contributed by atoms with van der Waals surface area (Å²) >= 11 is 6.79. The van der Waals surface area contributed by atoms with Crippen LogP contribution in [0.5, 0.6) is 0 Å². The van der Waals surface area contributed by atoms with Gasteiger partial charge in [0.05, 0.1) is 10.6 Å². The molecule has 2 rings (SSSR count).